The number of halogens is 1. The Morgan fingerprint density at radius 3 is 2.74 bits per heavy atom. The number of aryl methyl sites for hydroxylation is 2. The van der Waals surface area contributed by atoms with E-state index in [0.717, 1.165) is 29.8 Å². The topological polar surface area (TPSA) is 140 Å². The Kier molecular flexibility index (Phi) is 8.80. The van der Waals surface area contributed by atoms with E-state index in [1.54, 1.807) is 12.1 Å². The lowest BCUT2D eigenvalue weighted by atomic mass is 10.1. The molecule has 1 amide bonds. The zero-order chi connectivity index (χ0) is 24.7. The lowest BCUT2D eigenvalue weighted by molar-refractivity contribution is -0.124. The van der Waals surface area contributed by atoms with E-state index in [9.17, 15) is 9.90 Å². The highest BCUT2D eigenvalue weighted by atomic mass is 35.5. The van der Waals surface area contributed by atoms with Crippen LogP contribution in [0.4, 0.5) is 0 Å². The normalized spacial score (nSPS) is 11.8. The molecule has 0 spiro atoms. The van der Waals surface area contributed by atoms with Gasteiger partial charge in [0, 0.05) is 29.1 Å². The number of nitrogens with zero attached hydrogens (tertiary/aromatic N) is 3. The summed E-state index contributed by atoms with van der Waals surface area (Å²) in [4.78, 5) is 20.1. The minimum absolute atomic E-state index is 0.0858. The van der Waals surface area contributed by atoms with Crippen molar-refractivity contribution in [2.24, 2.45) is 0 Å². The number of aromatic nitrogens is 3. The highest BCUT2D eigenvalue weighted by Crippen LogP contribution is 2.39. The molecule has 0 bridgehead atoms. The fraction of sp³-hybridized carbons (Fsp3) is 0.391. The molecule has 10 nitrogen and oxygen atoms in total. The second-order valence-electron chi connectivity index (χ2n) is 7.58. The molecule has 2 heterocycles. The van der Waals surface area contributed by atoms with E-state index < -0.39 is 18.6 Å². The standard InChI is InChI=1S/C23H27ClN4O6/c1-4-5-16-7-15(6-13(2)26-16)23-27-22(28-34-23)14-8-18(24)21(19(9-14)32-3)33-12-17(30)10-25-20(31)11-29/h6-9,17,29-30H,4-5,10-12H2,1-3H3,(H,25,31). The minimum atomic E-state index is -1.02. The number of benzene rings is 1. The summed E-state index contributed by atoms with van der Waals surface area (Å²) in [6.45, 7) is 3.11. The molecule has 34 heavy (non-hydrogen) atoms. The summed E-state index contributed by atoms with van der Waals surface area (Å²) < 4.78 is 16.5. The van der Waals surface area contributed by atoms with Crippen molar-refractivity contribution in [1.82, 2.24) is 20.4 Å². The van der Waals surface area contributed by atoms with Crippen molar-refractivity contribution in [2.75, 3.05) is 26.9 Å². The molecule has 3 aromatic rings. The van der Waals surface area contributed by atoms with Gasteiger partial charge in [-0.2, -0.15) is 4.98 Å². The van der Waals surface area contributed by atoms with Crippen molar-refractivity contribution >= 4 is 17.5 Å². The molecular formula is C23H27ClN4O6. The van der Waals surface area contributed by atoms with Gasteiger partial charge >= 0.3 is 0 Å². The van der Waals surface area contributed by atoms with E-state index in [2.05, 4.69) is 27.4 Å². The molecule has 3 N–H and O–H groups in total. The molecule has 1 unspecified atom stereocenters. The van der Waals surface area contributed by atoms with Crippen LogP contribution in [0.3, 0.4) is 0 Å². The number of carbonyl (C=O) groups excluding carboxylic acids is 1. The van der Waals surface area contributed by atoms with Gasteiger partial charge in [-0.05, 0) is 37.6 Å². The number of hydrogen-bond acceptors (Lipinski definition) is 9. The van der Waals surface area contributed by atoms with Crippen molar-refractivity contribution < 1.29 is 29.0 Å². The van der Waals surface area contributed by atoms with Crippen LogP contribution in [0.2, 0.25) is 5.02 Å². The molecule has 2 aromatic heterocycles. The molecule has 0 aliphatic heterocycles. The number of carbonyl (C=O) groups is 1. The first kappa shape index (κ1) is 25.4. The summed E-state index contributed by atoms with van der Waals surface area (Å²) in [7, 11) is 1.46. The Balaban J connectivity index is 1.78. The maximum absolute atomic E-state index is 11.1. The van der Waals surface area contributed by atoms with Crippen LogP contribution >= 0.6 is 11.6 Å². The van der Waals surface area contributed by atoms with Crippen LogP contribution in [0.5, 0.6) is 11.5 Å². The van der Waals surface area contributed by atoms with E-state index in [1.165, 1.54) is 7.11 Å². The predicted octanol–water partition coefficient (Wildman–Crippen LogP) is 2.57. The Bertz CT molecular complexity index is 1140. The van der Waals surface area contributed by atoms with Crippen LogP contribution in [-0.4, -0.2) is 64.2 Å². The van der Waals surface area contributed by atoms with E-state index in [4.69, 9.17) is 30.7 Å². The number of nitrogens with one attached hydrogen (secondary N) is 1. The average Bonchev–Trinajstić information content (AvgIpc) is 3.31. The second kappa shape index (κ2) is 11.8. The smallest absolute Gasteiger partial charge is 0.258 e. The van der Waals surface area contributed by atoms with E-state index in [-0.39, 0.29) is 23.9 Å². The summed E-state index contributed by atoms with van der Waals surface area (Å²) in [6, 6.07) is 7.08. The van der Waals surface area contributed by atoms with Crippen LogP contribution in [0.1, 0.15) is 24.7 Å². The Labute approximate surface area is 201 Å². The summed E-state index contributed by atoms with van der Waals surface area (Å²) in [5.74, 6) is 0.618. The summed E-state index contributed by atoms with van der Waals surface area (Å²) in [5.41, 5.74) is 3.17. The van der Waals surface area contributed by atoms with Crippen LogP contribution in [0.15, 0.2) is 28.8 Å². The van der Waals surface area contributed by atoms with E-state index in [0.29, 0.717) is 23.0 Å². The molecule has 0 aliphatic rings. The largest absolute Gasteiger partial charge is 0.493 e. The molecule has 1 aromatic carbocycles. The highest BCUT2D eigenvalue weighted by molar-refractivity contribution is 6.32. The number of amides is 1. The van der Waals surface area contributed by atoms with Gasteiger partial charge in [0.2, 0.25) is 11.7 Å². The first-order valence-corrected chi connectivity index (χ1v) is 11.1. The molecule has 1 atom stereocenters. The lowest BCUT2D eigenvalue weighted by Gasteiger charge is -2.16. The van der Waals surface area contributed by atoms with E-state index >= 15 is 0 Å². The van der Waals surface area contributed by atoms with Gasteiger partial charge < -0.3 is 29.5 Å². The summed E-state index contributed by atoms with van der Waals surface area (Å²) in [5, 5.41) is 25.4. The van der Waals surface area contributed by atoms with Gasteiger partial charge in [-0.3, -0.25) is 9.78 Å². The van der Waals surface area contributed by atoms with Crippen LogP contribution in [-0.2, 0) is 11.2 Å². The maximum Gasteiger partial charge on any atom is 0.258 e. The van der Waals surface area contributed by atoms with Gasteiger partial charge in [-0.15, -0.1) is 0 Å². The van der Waals surface area contributed by atoms with Gasteiger partial charge in [0.05, 0.1) is 12.1 Å². The van der Waals surface area contributed by atoms with Crippen LogP contribution in [0.25, 0.3) is 22.8 Å². The zero-order valence-corrected chi connectivity index (χ0v) is 19.9. The molecule has 0 saturated heterocycles. The SMILES string of the molecule is CCCc1cc(-c2nc(-c3cc(Cl)c(OCC(O)CNC(=O)CO)c(OC)c3)no2)cc(C)n1. The summed E-state index contributed by atoms with van der Waals surface area (Å²) >= 11 is 6.41. The quantitative estimate of drug-likeness (QED) is 0.370. The minimum Gasteiger partial charge on any atom is -0.493 e. The lowest BCUT2D eigenvalue weighted by Crippen LogP contribution is -2.36. The third kappa shape index (κ3) is 6.43. The Morgan fingerprint density at radius 1 is 1.24 bits per heavy atom. The van der Waals surface area contributed by atoms with Crippen molar-refractivity contribution in [3.8, 4) is 34.3 Å². The van der Waals surface area contributed by atoms with Gasteiger partial charge in [0.15, 0.2) is 11.5 Å². The third-order valence-electron chi connectivity index (χ3n) is 4.77. The molecule has 0 aliphatic carbocycles. The molecular weight excluding hydrogens is 464 g/mol. The number of methoxy groups -OCH3 is 1. The average molecular weight is 491 g/mol. The number of aliphatic hydroxyl groups is 2. The molecule has 0 fully saturated rings. The molecule has 0 radical (unpaired) electrons. The Morgan fingerprint density at radius 2 is 2.03 bits per heavy atom. The summed E-state index contributed by atoms with van der Waals surface area (Å²) in [6.07, 6.45) is 0.815. The maximum atomic E-state index is 11.1. The second-order valence-corrected chi connectivity index (χ2v) is 7.99. The predicted molar refractivity (Wildman–Crippen MR) is 125 cm³/mol. The zero-order valence-electron chi connectivity index (χ0n) is 19.2. The fourth-order valence-corrected chi connectivity index (χ4v) is 3.48. The number of hydrogen-bond donors (Lipinski definition) is 3. The van der Waals surface area contributed by atoms with Crippen molar-refractivity contribution in [3.63, 3.8) is 0 Å². The van der Waals surface area contributed by atoms with Crippen LogP contribution < -0.4 is 14.8 Å². The molecule has 3 rings (SSSR count). The third-order valence-corrected chi connectivity index (χ3v) is 5.05. The number of aliphatic hydroxyl groups excluding tert-OH is 2. The van der Waals surface area contributed by atoms with E-state index in [1.807, 2.05) is 19.1 Å². The van der Waals surface area contributed by atoms with Crippen LogP contribution in [0, 0.1) is 6.92 Å². The van der Waals surface area contributed by atoms with Gasteiger partial charge in [-0.1, -0.05) is 30.1 Å². The van der Waals surface area contributed by atoms with Crippen molar-refractivity contribution in [3.05, 3.63) is 40.7 Å². The first-order chi connectivity index (χ1) is 16.3. The molecule has 11 heteroatoms. The monoisotopic (exact) mass is 490 g/mol. The number of ether oxygens (including phenoxy) is 2. The van der Waals surface area contributed by atoms with Gasteiger partial charge in [0.1, 0.15) is 19.3 Å². The Hall–Kier alpha value is -3.21. The van der Waals surface area contributed by atoms with Gasteiger partial charge in [0.25, 0.3) is 5.89 Å². The molecule has 0 saturated carbocycles. The first-order valence-electron chi connectivity index (χ1n) is 10.7. The molecule has 182 valence electrons. The number of rotatable bonds is 11. The van der Waals surface area contributed by atoms with Crippen molar-refractivity contribution in [2.45, 2.75) is 32.8 Å². The van der Waals surface area contributed by atoms with Crippen molar-refractivity contribution in [1.29, 1.82) is 0 Å². The fourth-order valence-electron chi connectivity index (χ4n) is 3.22. The van der Waals surface area contributed by atoms with Gasteiger partial charge in [-0.25, -0.2) is 0 Å². The number of pyridine rings is 1. The highest BCUT2D eigenvalue weighted by Gasteiger charge is 2.19.